The van der Waals surface area contributed by atoms with Crippen LogP contribution in [0.5, 0.6) is 0 Å². The molecule has 1 atom stereocenters. The van der Waals surface area contributed by atoms with Gasteiger partial charge in [0.15, 0.2) is 9.84 Å². The van der Waals surface area contributed by atoms with Gasteiger partial charge < -0.3 is 10.2 Å². The van der Waals surface area contributed by atoms with E-state index in [4.69, 9.17) is 10.2 Å². The van der Waals surface area contributed by atoms with Crippen LogP contribution in [0.3, 0.4) is 0 Å². The Balaban J connectivity index is 1.88. The van der Waals surface area contributed by atoms with E-state index < -0.39 is 9.84 Å². The number of fused-ring (bicyclic) bond motifs is 1. The zero-order valence-electron chi connectivity index (χ0n) is 12.1. The molecule has 0 radical (unpaired) electrons. The van der Waals surface area contributed by atoms with Gasteiger partial charge in [-0.1, -0.05) is 18.2 Å². The number of sulfone groups is 1. The predicted octanol–water partition coefficient (Wildman–Crippen LogP) is 1.51. The molecule has 6 heteroatoms. The zero-order chi connectivity index (χ0) is 15.0. The monoisotopic (exact) mass is 308 g/mol. The topological polar surface area (TPSA) is 76.5 Å². The van der Waals surface area contributed by atoms with Crippen molar-refractivity contribution in [1.29, 1.82) is 0 Å². The van der Waals surface area contributed by atoms with Gasteiger partial charge in [0, 0.05) is 30.1 Å². The van der Waals surface area contributed by atoms with Crippen LogP contribution in [0.2, 0.25) is 0 Å². The van der Waals surface area contributed by atoms with E-state index in [1.165, 1.54) is 0 Å². The lowest BCUT2D eigenvalue weighted by Gasteiger charge is -2.32. The summed E-state index contributed by atoms with van der Waals surface area (Å²) in [6.07, 6.45) is 0. The number of furan rings is 1. The van der Waals surface area contributed by atoms with Gasteiger partial charge in [-0.3, -0.25) is 4.90 Å². The second kappa shape index (κ2) is 5.44. The summed E-state index contributed by atoms with van der Waals surface area (Å²) in [5, 5.41) is 1.05. The highest BCUT2D eigenvalue weighted by Crippen LogP contribution is 2.27. The fraction of sp³-hybridized carbons (Fsp3) is 0.467. The summed E-state index contributed by atoms with van der Waals surface area (Å²) in [5.74, 6) is 1.28. The van der Waals surface area contributed by atoms with Crippen LogP contribution >= 0.6 is 0 Å². The minimum absolute atomic E-state index is 0.00240. The highest BCUT2D eigenvalue weighted by molar-refractivity contribution is 7.91. The van der Waals surface area contributed by atoms with E-state index in [0.29, 0.717) is 19.6 Å². The minimum Gasteiger partial charge on any atom is -0.459 e. The highest BCUT2D eigenvalue weighted by Gasteiger charge is 2.29. The van der Waals surface area contributed by atoms with Crippen molar-refractivity contribution in [3.05, 3.63) is 35.6 Å². The molecular formula is C15H20N2O3S. The normalized spacial score (nSPS) is 22.7. The SMILES string of the molecule is CC1CS(=O)(=O)CCN1Cc1oc2ccccc2c1CN. The smallest absolute Gasteiger partial charge is 0.153 e. The Kier molecular flexibility index (Phi) is 3.77. The molecule has 1 aliphatic rings. The number of nitrogens with two attached hydrogens (primary N) is 1. The molecule has 0 bridgehead atoms. The standard InChI is InChI=1S/C15H20N2O3S/c1-11-10-21(18,19)7-6-17(11)9-15-13(8-16)12-4-2-3-5-14(12)20-15/h2-5,11H,6-10,16H2,1H3. The molecule has 0 spiro atoms. The van der Waals surface area contributed by atoms with Crippen molar-refractivity contribution in [3.63, 3.8) is 0 Å². The van der Waals surface area contributed by atoms with E-state index in [-0.39, 0.29) is 17.5 Å². The number of hydrogen-bond acceptors (Lipinski definition) is 5. The Morgan fingerprint density at radius 2 is 2.14 bits per heavy atom. The van der Waals surface area contributed by atoms with Gasteiger partial charge in [-0.05, 0) is 13.0 Å². The molecule has 2 heterocycles. The minimum atomic E-state index is -2.89. The molecule has 1 aliphatic heterocycles. The van der Waals surface area contributed by atoms with E-state index in [0.717, 1.165) is 22.3 Å². The summed E-state index contributed by atoms with van der Waals surface area (Å²) >= 11 is 0. The lowest BCUT2D eigenvalue weighted by atomic mass is 10.1. The first-order valence-electron chi connectivity index (χ1n) is 7.14. The number of rotatable bonds is 3. The van der Waals surface area contributed by atoms with Gasteiger partial charge >= 0.3 is 0 Å². The van der Waals surface area contributed by atoms with Gasteiger partial charge in [0.25, 0.3) is 0 Å². The van der Waals surface area contributed by atoms with Crippen LogP contribution in [-0.2, 0) is 22.9 Å². The van der Waals surface area contributed by atoms with Crippen molar-refractivity contribution in [3.8, 4) is 0 Å². The van der Waals surface area contributed by atoms with Crippen LogP contribution in [0, 0.1) is 0 Å². The van der Waals surface area contributed by atoms with Crippen molar-refractivity contribution < 1.29 is 12.8 Å². The Morgan fingerprint density at radius 1 is 1.38 bits per heavy atom. The van der Waals surface area contributed by atoms with Crippen LogP contribution in [0.1, 0.15) is 18.2 Å². The van der Waals surface area contributed by atoms with E-state index in [9.17, 15) is 8.42 Å². The maximum absolute atomic E-state index is 11.7. The molecular weight excluding hydrogens is 288 g/mol. The van der Waals surface area contributed by atoms with Crippen LogP contribution < -0.4 is 5.73 Å². The molecule has 3 rings (SSSR count). The average Bonchev–Trinajstić information content (AvgIpc) is 2.78. The lowest BCUT2D eigenvalue weighted by molar-refractivity contribution is 0.202. The molecule has 0 amide bonds. The van der Waals surface area contributed by atoms with Crippen molar-refractivity contribution >= 4 is 20.8 Å². The van der Waals surface area contributed by atoms with Crippen LogP contribution in [-0.4, -0.2) is 37.4 Å². The van der Waals surface area contributed by atoms with Crippen LogP contribution in [0.15, 0.2) is 28.7 Å². The molecule has 0 aliphatic carbocycles. The van der Waals surface area contributed by atoms with Crippen molar-refractivity contribution in [2.24, 2.45) is 5.73 Å². The Labute approximate surface area is 124 Å². The van der Waals surface area contributed by atoms with Gasteiger partial charge in [0.2, 0.25) is 0 Å². The van der Waals surface area contributed by atoms with Crippen LogP contribution in [0.25, 0.3) is 11.0 Å². The summed E-state index contributed by atoms with van der Waals surface area (Å²) in [5.41, 5.74) is 7.73. The van der Waals surface area contributed by atoms with Gasteiger partial charge in [-0.15, -0.1) is 0 Å². The number of benzene rings is 1. The largest absolute Gasteiger partial charge is 0.459 e. The summed E-state index contributed by atoms with van der Waals surface area (Å²) in [6.45, 7) is 3.52. The van der Waals surface area contributed by atoms with Gasteiger partial charge in [-0.25, -0.2) is 8.42 Å². The molecule has 2 aromatic rings. The zero-order valence-corrected chi connectivity index (χ0v) is 12.9. The highest BCUT2D eigenvalue weighted by atomic mass is 32.2. The second-order valence-corrected chi connectivity index (χ2v) is 7.87. The summed E-state index contributed by atoms with van der Waals surface area (Å²) in [4.78, 5) is 2.15. The average molecular weight is 308 g/mol. The van der Waals surface area contributed by atoms with Crippen molar-refractivity contribution in [1.82, 2.24) is 4.90 Å². The summed E-state index contributed by atoms with van der Waals surface area (Å²) in [7, 11) is -2.89. The first-order chi connectivity index (χ1) is 10.00. The predicted molar refractivity (Wildman–Crippen MR) is 82.6 cm³/mol. The van der Waals surface area contributed by atoms with E-state index in [1.807, 2.05) is 31.2 Å². The third-order valence-corrected chi connectivity index (χ3v) is 5.94. The fourth-order valence-corrected chi connectivity index (χ4v) is 4.58. The van der Waals surface area contributed by atoms with Crippen molar-refractivity contribution in [2.75, 3.05) is 18.1 Å². The summed E-state index contributed by atoms with van der Waals surface area (Å²) in [6, 6.07) is 7.85. The van der Waals surface area contributed by atoms with E-state index in [2.05, 4.69) is 4.90 Å². The Hall–Kier alpha value is -1.37. The maximum atomic E-state index is 11.7. The Morgan fingerprint density at radius 3 is 2.86 bits per heavy atom. The van der Waals surface area contributed by atoms with Crippen molar-refractivity contribution in [2.45, 2.75) is 26.1 Å². The third kappa shape index (κ3) is 2.84. The molecule has 1 unspecified atom stereocenters. The number of nitrogens with zero attached hydrogens (tertiary/aromatic N) is 1. The molecule has 1 aromatic heterocycles. The number of hydrogen-bond donors (Lipinski definition) is 1. The van der Waals surface area contributed by atoms with Gasteiger partial charge in [0.1, 0.15) is 11.3 Å². The lowest BCUT2D eigenvalue weighted by Crippen LogP contribution is -2.46. The first-order valence-corrected chi connectivity index (χ1v) is 8.96. The summed E-state index contributed by atoms with van der Waals surface area (Å²) < 4.78 is 29.2. The quantitative estimate of drug-likeness (QED) is 0.930. The Bertz CT molecular complexity index is 751. The molecule has 21 heavy (non-hydrogen) atoms. The van der Waals surface area contributed by atoms with E-state index in [1.54, 1.807) is 0 Å². The molecule has 1 fully saturated rings. The number of para-hydroxylation sites is 1. The van der Waals surface area contributed by atoms with Crippen LogP contribution in [0.4, 0.5) is 0 Å². The third-order valence-electron chi connectivity index (χ3n) is 4.14. The molecule has 0 saturated carbocycles. The first kappa shape index (κ1) is 14.6. The fourth-order valence-electron chi connectivity index (χ4n) is 2.95. The molecule has 1 aromatic carbocycles. The van der Waals surface area contributed by atoms with E-state index >= 15 is 0 Å². The molecule has 2 N–H and O–H groups in total. The maximum Gasteiger partial charge on any atom is 0.153 e. The molecule has 114 valence electrons. The molecule has 5 nitrogen and oxygen atoms in total. The molecule has 1 saturated heterocycles. The van der Waals surface area contributed by atoms with Gasteiger partial charge in [-0.2, -0.15) is 0 Å². The second-order valence-electron chi connectivity index (χ2n) is 5.64. The van der Waals surface area contributed by atoms with Gasteiger partial charge in [0.05, 0.1) is 18.1 Å².